The molecular formula is C70H52N2O2. The van der Waals surface area contributed by atoms with E-state index in [1.165, 1.54) is 49.4 Å². The molecule has 0 spiro atoms. The van der Waals surface area contributed by atoms with Gasteiger partial charge in [0.15, 0.2) is 11.2 Å². The molecule has 0 aliphatic heterocycles. The lowest BCUT2D eigenvalue weighted by molar-refractivity contribution is 0.591. The third-order valence-electron chi connectivity index (χ3n) is 15.4. The molecule has 12 aromatic carbocycles. The minimum absolute atomic E-state index is 0.0439. The van der Waals surface area contributed by atoms with E-state index >= 15 is 0 Å². The Hall–Kier alpha value is -9.12. The summed E-state index contributed by atoms with van der Waals surface area (Å²) in [5.41, 5.74) is 17.7. The predicted octanol–water partition coefficient (Wildman–Crippen LogP) is 20.6. The molecule has 0 unspecified atom stereocenters. The van der Waals surface area contributed by atoms with Gasteiger partial charge in [0.1, 0.15) is 11.2 Å². The minimum atomic E-state index is -0.0439. The molecule has 2 aromatic heterocycles. The number of para-hydroxylation sites is 4. The Morgan fingerprint density at radius 1 is 0.311 bits per heavy atom. The molecule has 14 rings (SSSR count). The van der Waals surface area contributed by atoms with Gasteiger partial charge in [0.25, 0.3) is 0 Å². The van der Waals surface area contributed by atoms with Gasteiger partial charge in [0.2, 0.25) is 0 Å². The molecule has 4 nitrogen and oxygen atoms in total. The molecule has 2 heterocycles. The van der Waals surface area contributed by atoms with E-state index in [0.29, 0.717) is 0 Å². The van der Waals surface area contributed by atoms with E-state index in [2.05, 4.69) is 269 Å². The number of aryl methyl sites for hydroxylation is 2. The minimum Gasteiger partial charge on any atom is -0.454 e. The van der Waals surface area contributed by atoms with Crippen molar-refractivity contribution in [1.82, 2.24) is 0 Å². The van der Waals surface area contributed by atoms with Gasteiger partial charge < -0.3 is 18.6 Å². The number of nitrogens with zero attached hydrogens (tertiary/aromatic N) is 2. The highest BCUT2D eigenvalue weighted by Gasteiger charge is 2.30. The van der Waals surface area contributed by atoms with E-state index in [9.17, 15) is 0 Å². The molecule has 0 atom stereocenters. The molecule has 0 saturated heterocycles. The summed E-state index contributed by atoms with van der Waals surface area (Å²) < 4.78 is 14.0. The van der Waals surface area contributed by atoms with Crippen LogP contribution in [0.1, 0.15) is 37.5 Å². The topological polar surface area (TPSA) is 32.8 Å². The number of hydrogen-bond acceptors (Lipinski definition) is 4. The number of rotatable bonds is 8. The van der Waals surface area contributed by atoms with Crippen molar-refractivity contribution in [2.75, 3.05) is 9.80 Å². The number of fused-ring (bicyclic) bond motifs is 6. The number of furan rings is 2. The van der Waals surface area contributed by atoms with Crippen molar-refractivity contribution in [3.05, 3.63) is 241 Å². The average molecular weight is 953 g/mol. The second kappa shape index (κ2) is 16.7. The maximum absolute atomic E-state index is 7.00. The Morgan fingerprint density at radius 3 is 1.19 bits per heavy atom. The van der Waals surface area contributed by atoms with E-state index in [-0.39, 0.29) is 5.41 Å². The van der Waals surface area contributed by atoms with Crippen LogP contribution in [0.3, 0.4) is 0 Å². The molecule has 14 aromatic rings. The molecule has 0 N–H and O–H groups in total. The predicted molar refractivity (Wildman–Crippen MR) is 313 cm³/mol. The third kappa shape index (κ3) is 6.89. The smallest absolute Gasteiger partial charge is 0.159 e. The van der Waals surface area contributed by atoms with Crippen molar-refractivity contribution in [2.24, 2.45) is 0 Å². The van der Waals surface area contributed by atoms with Crippen molar-refractivity contribution in [3.8, 4) is 22.3 Å². The first kappa shape index (κ1) is 43.7. The van der Waals surface area contributed by atoms with Gasteiger partial charge in [-0.2, -0.15) is 0 Å². The zero-order valence-corrected chi connectivity index (χ0v) is 42.1. The van der Waals surface area contributed by atoms with Crippen molar-refractivity contribution in [2.45, 2.75) is 40.0 Å². The Kier molecular flexibility index (Phi) is 9.87. The maximum atomic E-state index is 7.00. The molecule has 0 bridgehead atoms. The molecule has 354 valence electrons. The fourth-order valence-electron chi connectivity index (χ4n) is 11.7. The van der Waals surface area contributed by atoms with Crippen LogP contribution < -0.4 is 9.80 Å². The lowest BCUT2D eigenvalue weighted by atomic mass is 9.83. The first-order valence-corrected chi connectivity index (χ1v) is 25.7. The largest absolute Gasteiger partial charge is 0.454 e. The Balaban J connectivity index is 1.13. The summed E-state index contributed by atoms with van der Waals surface area (Å²) in [4.78, 5) is 4.94. The quantitative estimate of drug-likeness (QED) is 0.142. The van der Waals surface area contributed by atoms with Gasteiger partial charge in [-0.05, 0) is 129 Å². The summed E-state index contributed by atoms with van der Waals surface area (Å²) in [5.74, 6) is 0. The van der Waals surface area contributed by atoms with Gasteiger partial charge in [0.05, 0.1) is 22.7 Å². The highest BCUT2D eigenvalue weighted by molar-refractivity contribution is 6.30. The molecule has 0 amide bonds. The molecule has 4 heteroatoms. The zero-order valence-electron chi connectivity index (χ0n) is 42.1. The van der Waals surface area contributed by atoms with Crippen LogP contribution >= 0.6 is 0 Å². The van der Waals surface area contributed by atoms with E-state index in [1.54, 1.807) is 0 Å². The summed E-state index contributed by atoms with van der Waals surface area (Å²) in [6, 6.07) is 81.7. The summed E-state index contributed by atoms with van der Waals surface area (Å²) in [6.07, 6.45) is 0. The lowest BCUT2D eigenvalue weighted by Crippen LogP contribution is -2.16. The summed E-state index contributed by atoms with van der Waals surface area (Å²) in [6.45, 7) is 11.4. The molecule has 74 heavy (non-hydrogen) atoms. The van der Waals surface area contributed by atoms with E-state index in [4.69, 9.17) is 8.83 Å². The van der Waals surface area contributed by atoms with Crippen LogP contribution in [0.5, 0.6) is 0 Å². The maximum Gasteiger partial charge on any atom is 0.159 e. The first-order chi connectivity index (χ1) is 36.2. The van der Waals surface area contributed by atoms with Gasteiger partial charge in [-0.15, -0.1) is 0 Å². The Bertz CT molecular complexity index is 4220. The van der Waals surface area contributed by atoms with Crippen molar-refractivity contribution in [1.29, 1.82) is 0 Å². The van der Waals surface area contributed by atoms with Gasteiger partial charge in [-0.3, -0.25) is 0 Å². The van der Waals surface area contributed by atoms with E-state index in [1.807, 2.05) is 0 Å². The van der Waals surface area contributed by atoms with Crippen LogP contribution in [-0.2, 0) is 5.41 Å². The van der Waals surface area contributed by atoms with Crippen LogP contribution in [0, 0.1) is 13.8 Å². The summed E-state index contributed by atoms with van der Waals surface area (Å²) >= 11 is 0. The van der Waals surface area contributed by atoms with Crippen LogP contribution in [0.25, 0.3) is 98.4 Å². The number of anilines is 6. The number of benzene rings is 12. The monoisotopic (exact) mass is 952 g/mol. The van der Waals surface area contributed by atoms with E-state index < -0.39 is 0 Å². The molecular weight excluding hydrogens is 901 g/mol. The molecule has 0 aliphatic rings. The zero-order chi connectivity index (χ0) is 49.8. The van der Waals surface area contributed by atoms with Crippen molar-refractivity contribution in [3.63, 3.8) is 0 Å². The average Bonchev–Trinajstić information content (AvgIpc) is 4.09. The van der Waals surface area contributed by atoms with Crippen LogP contribution in [0.2, 0.25) is 0 Å². The second-order valence-electron chi connectivity index (χ2n) is 21.0. The highest BCUT2D eigenvalue weighted by Crippen LogP contribution is 2.54. The Labute approximate surface area is 430 Å². The van der Waals surface area contributed by atoms with Crippen LogP contribution in [0.15, 0.2) is 233 Å². The molecule has 0 saturated carbocycles. The van der Waals surface area contributed by atoms with Crippen molar-refractivity contribution < 1.29 is 8.83 Å². The van der Waals surface area contributed by atoms with Crippen LogP contribution in [-0.4, -0.2) is 0 Å². The highest BCUT2D eigenvalue weighted by atomic mass is 16.3. The third-order valence-corrected chi connectivity index (χ3v) is 15.4. The SMILES string of the molecule is Cc1cc(-c2ccccc2)ccc1N(c1cc(N(c2ccc(-c3ccccc3)cc2C)c2cccc3c2oc2ccccc23)c2ccc3cc(C(C)(C)C)cc4ccc1c2c43)c1cccc2c1oc1ccccc12. The van der Waals surface area contributed by atoms with E-state index in [0.717, 1.165) is 99.9 Å². The molecule has 0 aliphatic carbocycles. The fourth-order valence-corrected chi connectivity index (χ4v) is 11.7. The van der Waals surface area contributed by atoms with Gasteiger partial charge in [-0.25, -0.2) is 0 Å². The van der Waals surface area contributed by atoms with Gasteiger partial charge in [-0.1, -0.05) is 191 Å². The van der Waals surface area contributed by atoms with Gasteiger partial charge in [0, 0.05) is 49.1 Å². The molecule has 0 fully saturated rings. The summed E-state index contributed by atoms with van der Waals surface area (Å²) in [7, 11) is 0. The second-order valence-corrected chi connectivity index (χ2v) is 21.0. The normalized spacial score (nSPS) is 12.1. The van der Waals surface area contributed by atoms with Crippen LogP contribution in [0.4, 0.5) is 34.1 Å². The fraction of sp³-hybridized carbons (Fsp3) is 0.0857. The number of hydrogen-bond donors (Lipinski definition) is 0. The summed E-state index contributed by atoms with van der Waals surface area (Å²) in [5, 5.41) is 11.5. The van der Waals surface area contributed by atoms with Gasteiger partial charge >= 0.3 is 0 Å². The lowest BCUT2D eigenvalue weighted by Gasteiger charge is -2.33. The first-order valence-electron chi connectivity index (χ1n) is 25.7. The Morgan fingerprint density at radius 2 is 0.743 bits per heavy atom. The standard InChI is InChI=1S/C70H52N2O2/c1-43-38-47(45-18-8-6-9-19-45)32-36-58(43)71(60-26-16-24-54-52-22-12-14-28-64(52)73-68(54)60)62-42-63(57-35-31-50-41-51(70(3,4)5)40-49-30-34-56(62)67(57)66(49)50)72(59-37-33-48(39-44(59)2)46-20-10-7-11-21-46)61-27-17-25-55-53-23-13-15-29-65(53)74-69(55)61/h6-42H,1-5H3. The molecule has 0 radical (unpaired) electrons. The van der Waals surface area contributed by atoms with Crippen molar-refractivity contribution >= 4 is 110 Å².